The third-order valence-electron chi connectivity index (χ3n) is 3.48. The molecule has 1 aliphatic heterocycles. The molecule has 17 heavy (non-hydrogen) atoms. The van der Waals surface area contributed by atoms with E-state index in [1.807, 2.05) is 6.20 Å². The van der Waals surface area contributed by atoms with Crippen molar-refractivity contribution in [2.75, 3.05) is 29.9 Å². The zero-order valence-electron chi connectivity index (χ0n) is 10.9. The molecule has 2 heterocycles. The summed E-state index contributed by atoms with van der Waals surface area (Å²) in [6.45, 7) is 7.74. The third kappa shape index (κ3) is 3.35. The Labute approximate surface area is 104 Å². The molecule has 1 fully saturated rings. The highest BCUT2D eigenvalue weighted by molar-refractivity contribution is 5.53. The van der Waals surface area contributed by atoms with E-state index in [4.69, 9.17) is 0 Å². The summed E-state index contributed by atoms with van der Waals surface area (Å²) in [4.78, 5) is 6.82. The van der Waals surface area contributed by atoms with Gasteiger partial charge in [-0.3, -0.25) is 0 Å². The van der Waals surface area contributed by atoms with Crippen LogP contribution >= 0.6 is 0 Å². The summed E-state index contributed by atoms with van der Waals surface area (Å²) in [6, 6.07) is 4.29. The molecule has 0 spiro atoms. The topological polar surface area (TPSA) is 28.2 Å². The van der Waals surface area contributed by atoms with Crippen LogP contribution in [0.4, 0.5) is 11.5 Å². The van der Waals surface area contributed by atoms with Crippen molar-refractivity contribution in [2.24, 2.45) is 5.92 Å². The summed E-state index contributed by atoms with van der Waals surface area (Å²) in [5, 5.41) is 3.27. The van der Waals surface area contributed by atoms with Gasteiger partial charge in [0.05, 0.1) is 0 Å². The van der Waals surface area contributed by atoms with Crippen LogP contribution in [0.15, 0.2) is 18.3 Å². The lowest BCUT2D eigenvalue weighted by atomic mass is 10.0. The molecule has 0 amide bonds. The summed E-state index contributed by atoms with van der Waals surface area (Å²) in [7, 11) is 0. The minimum absolute atomic E-state index is 0.870. The van der Waals surface area contributed by atoms with Crippen molar-refractivity contribution in [3.8, 4) is 0 Å². The van der Waals surface area contributed by atoms with Crippen LogP contribution < -0.4 is 10.2 Å². The van der Waals surface area contributed by atoms with Crippen molar-refractivity contribution in [1.29, 1.82) is 0 Å². The van der Waals surface area contributed by atoms with Crippen LogP contribution in [-0.2, 0) is 0 Å². The van der Waals surface area contributed by atoms with Crippen molar-refractivity contribution < 1.29 is 0 Å². The molecule has 3 nitrogen and oxygen atoms in total. The van der Waals surface area contributed by atoms with Gasteiger partial charge in [-0.2, -0.15) is 0 Å². The molecular formula is C14H23N3. The Kier molecular flexibility index (Phi) is 4.24. The minimum atomic E-state index is 0.870. The van der Waals surface area contributed by atoms with E-state index in [9.17, 15) is 0 Å². The summed E-state index contributed by atoms with van der Waals surface area (Å²) < 4.78 is 0. The van der Waals surface area contributed by atoms with Gasteiger partial charge in [-0.1, -0.05) is 6.92 Å². The fraction of sp³-hybridized carbons (Fsp3) is 0.643. The Balaban J connectivity index is 2.07. The maximum atomic E-state index is 4.32. The molecule has 1 unspecified atom stereocenters. The number of hydrogen-bond donors (Lipinski definition) is 1. The molecule has 0 radical (unpaired) electrons. The van der Waals surface area contributed by atoms with Gasteiger partial charge in [0.15, 0.2) is 0 Å². The molecule has 0 aliphatic carbocycles. The van der Waals surface area contributed by atoms with Gasteiger partial charge in [0, 0.05) is 37.6 Å². The van der Waals surface area contributed by atoms with Gasteiger partial charge < -0.3 is 10.2 Å². The highest BCUT2D eigenvalue weighted by Crippen LogP contribution is 2.23. The fourth-order valence-corrected chi connectivity index (χ4v) is 2.42. The van der Waals surface area contributed by atoms with Crippen molar-refractivity contribution >= 4 is 11.5 Å². The van der Waals surface area contributed by atoms with E-state index in [1.165, 1.54) is 38.0 Å². The number of anilines is 2. The summed E-state index contributed by atoms with van der Waals surface area (Å²) in [6.07, 6.45) is 5.88. The molecule has 3 heteroatoms. The van der Waals surface area contributed by atoms with Gasteiger partial charge in [-0.25, -0.2) is 4.98 Å². The monoisotopic (exact) mass is 233 g/mol. The predicted octanol–water partition coefficient (Wildman–Crippen LogP) is 3.14. The Morgan fingerprint density at radius 3 is 3.12 bits per heavy atom. The molecule has 2 rings (SSSR count). The average molecular weight is 233 g/mol. The Morgan fingerprint density at radius 2 is 2.29 bits per heavy atom. The standard InChI is InChI=1S/C14H23N3/c1-3-15-14-11-13(6-8-16-14)17-9-4-5-12(2)7-10-17/h6,8,11-12H,3-5,7,9-10H2,1-2H3,(H,15,16). The van der Waals surface area contributed by atoms with Gasteiger partial charge in [-0.05, 0) is 38.2 Å². The third-order valence-corrected chi connectivity index (χ3v) is 3.48. The van der Waals surface area contributed by atoms with Crippen molar-refractivity contribution in [3.05, 3.63) is 18.3 Å². The molecule has 1 aromatic heterocycles. The molecular weight excluding hydrogens is 210 g/mol. The number of rotatable bonds is 3. The second-order valence-corrected chi connectivity index (χ2v) is 4.95. The molecule has 1 aromatic rings. The Morgan fingerprint density at radius 1 is 1.41 bits per heavy atom. The van der Waals surface area contributed by atoms with Gasteiger partial charge in [0.1, 0.15) is 5.82 Å². The number of nitrogens with one attached hydrogen (secondary N) is 1. The van der Waals surface area contributed by atoms with Gasteiger partial charge in [0.2, 0.25) is 0 Å². The number of aromatic nitrogens is 1. The second kappa shape index (κ2) is 5.89. The molecule has 0 aromatic carbocycles. The quantitative estimate of drug-likeness (QED) is 0.869. The van der Waals surface area contributed by atoms with E-state index in [0.29, 0.717) is 0 Å². The van der Waals surface area contributed by atoms with Gasteiger partial charge in [0.25, 0.3) is 0 Å². The smallest absolute Gasteiger partial charge is 0.127 e. The molecule has 0 saturated carbocycles. The molecule has 1 aliphatic rings. The molecule has 94 valence electrons. The highest BCUT2D eigenvalue weighted by Gasteiger charge is 2.14. The fourth-order valence-electron chi connectivity index (χ4n) is 2.42. The van der Waals surface area contributed by atoms with E-state index in [1.54, 1.807) is 0 Å². The molecule has 1 N–H and O–H groups in total. The first-order valence-electron chi connectivity index (χ1n) is 6.74. The second-order valence-electron chi connectivity index (χ2n) is 4.95. The average Bonchev–Trinajstić information content (AvgIpc) is 2.55. The first-order valence-corrected chi connectivity index (χ1v) is 6.74. The number of nitrogens with zero attached hydrogens (tertiary/aromatic N) is 2. The maximum absolute atomic E-state index is 4.32. The van der Waals surface area contributed by atoms with Crippen molar-refractivity contribution in [1.82, 2.24) is 4.98 Å². The van der Waals surface area contributed by atoms with Crippen LogP contribution in [-0.4, -0.2) is 24.6 Å². The first kappa shape index (κ1) is 12.2. The number of hydrogen-bond acceptors (Lipinski definition) is 3. The normalized spacial score (nSPS) is 21.1. The molecule has 1 atom stereocenters. The number of pyridine rings is 1. The predicted molar refractivity (Wildman–Crippen MR) is 73.6 cm³/mol. The van der Waals surface area contributed by atoms with Crippen molar-refractivity contribution in [3.63, 3.8) is 0 Å². The maximum Gasteiger partial charge on any atom is 0.127 e. The van der Waals surface area contributed by atoms with E-state index in [-0.39, 0.29) is 0 Å². The molecule has 0 bridgehead atoms. The zero-order chi connectivity index (χ0) is 12.1. The highest BCUT2D eigenvalue weighted by atomic mass is 15.1. The van der Waals surface area contributed by atoms with Crippen LogP contribution in [0.3, 0.4) is 0 Å². The van der Waals surface area contributed by atoms with Crippen LogP contribution in [0, 0.1) is 5.92 Å². The van der Waals surface area contributed by atoms with Crippen LogP contribution in [0.5, 0.6) is 0 Å². The van der Waals surface area contributed by atoms with Crippen molar-refractivity contribution in [2.45, 2.75) is 33.1 Å². The van der Waals surface area contributed by atoms with Gasteiger partial charge >= 0.3 is 0 Å². The lowest BCUT2D eigenvalue weighted by molar-refractivity contribution is 0.521. The van der Waals surface area contributed by atoms with Crippen LogP contribution in [0.2, 0.25) is 0 Å². The Hall–Kier alpha value is -1.25. The van der Waals surface area contributed by atoms with E-state index >= 15 is 0 Å². The summed E-state index contributed by atoms with van der Waals surface area (Å²) in [5.41, 5.74) is 1.31. The van der Waals surface area contributed by atoms with Crippen LogP contribution in [0.25, 0.3) is 0 Å². The molecule has 1 saturated heterocycles. The lowest BCUT2D eigenvalue weighted by Gasteiger charge is -2.23. The van der Waals surface area contributed by atoms with Gasteiger partial charge in [-0.15, -0.1) is 0 Å². The van der Waals surface area contributed by atoms with E-state index in [0.717, 1.165) is 18.3 Å². The van der Waals surface area contributed by atoms with Crippen LogP contribution in [0.1, 0.15) is 33.1 Å². The largest absolute Gasteiger partial charge is 0.371 e. The first-order chi connectivity index (χ1) is 8.29. The Bertz CT molecular complexity index is 351. The summed E-state index contributed by atoms with van der Waals surface area (Å²) >= 11 is 0. The van der Waals surface area contributed by atoms with E-state index < -0.39 is 0 Å². The minimum Gasteiger partial charge on any atom is -0.371 e. The lowest BCUT2D eigenvalue weighted by Crippen LogP contribution is -2.24. The zero-order valence-corrected chi connectivity index (χ0v) is 10.9. The SMILES string of the molecule is CCNc1cc(N2CCCC(C)CC2)ccn1. The summed E-state index contributed by atoms with van der Waals surface area (Å²) in [5.74, 6) is 1.86. The van der Waals surface area contributed by atoms with E-state index in [2.05, 4.69) is 41.2 Å².